The van der Waals surface area contributed by atoms with Crippen LogP contribution in [0.3, 0.4) is 0 Å². The predicted octanol–water partition coefficient (Wildman–Crippen LogP) is 3.84. The van der Waals surface area contributed by atoms with E-state index in [4.69, 9.17) is 4.74 Å². The number of carbonyl (C=O) groups is 2. The van der Waals surface area contributed by atoms with Crippen molar-refractivity contribution in [3.05, 3.63) is 0 Å². The van der Waals surface area contributed by atoms with Gasteiger partial charge in [0.05, 0.1) is 11.8 Å². The Labute approximate surface area is 146 Å². The van der Waals surface area contributed by atoms with Gasteiger partial charge in [-0.25, -0.2) is 0 Å². The van der Waals surface area contributed by atoms with Crippen molar-refractivity contribution in [2.75, 3.05) is 0 Å². The fourth-order valence-electron chi connectivity index (χ4n) is 2.42. The van der Waals surface area contributed by atoms with Crippen LogP contribution in [0.5, 0.6) is 0 Å². The molecule has 114 valence electrons. The van der Waals surface area contributed by atoms with Crippen molar-refractivity contribution in [2.45, 2.75) is 79.1 Å². The third kappa shape index (κ3) is 9.15. The van der Waals surface area contributed by atoms with E-state index in [0.717, 1.165) is 51.4 Å². The Bertz CT molecular complexity index is 228. The molecule has 0 fully saturated rings. The molecule has 0 unspecified atom stereocenters. The molecule has 4 heteroatoms. The van der Waals surface area contributed by atoms with Gasteiger partial charge in [-0.1, -0.05) is 53.4 Å². The molecule has 0 aliphatic rings. The van der Waals surface area contributed by atoms with Crippen molar-refractivity contribution < 1.29 is 14.3 Å². The topological polar surface area (TPSA) is 43.4 Å². The quantitative estimate of drug-likeness (QED) is 0.349. The van der Waals surface area contributed by atoms with Gasteiger partial charge < -0.3 is 4.74 Å². The summed E-state index contributed by atoms with van der Waals surface area (Å²) in [4.78, 5) is 24.0. The van der Waals surface area contributed by atoms with Crippen molar-refractivity contribution in [1.82, 2.24) is 0 Å². The van der Waals surface area contributed by atoms with Gasteiger partial charge in [0, 0.05) is 0 Å². The molecule has 0 radical (unpaired) electrons. The third-order valence-corrected chi connectivity index (χ3v) is 3.42. The summed E-state index contributed by atoms with van der Waals surface area (Å²) in [6, 6.07) is 0. The first kappa shape index (κ1) is 22.4. The van der Waals surface area contributed by atoms with Gasteiger partial charge in [-0.15, -0.1) is 0 Å². The van der Waals surface area contributed by atoms with E-state index in [1.54, 1.807) is 0 Å². The number of rotatable bonds is 10. The summed E-state index contributed by atoms with van der Waals surface area (Å²) in [5.41, 5.74) is 0. The van der Waals surface area contributed by atoms with Crippen LogP contribution in [0.1, 0.15) is 79.1 Å². The van der Waals surface area contributed by atoms with E-state index in [1.165, 1.54) is 0 Å². The van der Waals surface area contributed by atoms with Gasteiger partial charge in [0.2, 0.25) is 0 Å². The van der Waals surface area contributed by atoms with E-state index in [-0.39, 0.29) is 53.3 Å². The standard InChI is InChI=1S/C16H30O3.Na.H/c1-5-9-13(10-6-2)15(17)19-16(18)14(11-7-3)12-8-4;;/h13-14H,5-12H2,1-4H3;;. The van der Waals surface area contributed by atoms with Crippen LogP contribution in [-0.2, 0) is 14.3 Å². The number of hydrogen-bond acceptors (Lipinski definition) is 3. The SMILES string of the molecule is CCCC(CCC)C(=O)OC(=O)C(CCC)CCC.[NaH]. The van der Waals surface area contributed by atoms with Crippen LogP contribution in [0.15, 0.2) is 0 Å². The van der Waals surface area contributed by atoms with Crippen molar-refractivity contribution in [3.8, 4) is 0 Å². The molecule has 0 bridgehead atoms. The molecule has 0 aliphatic heterocycles. The Kier molecular flexibility index (Phi) is 15.8. The first-order valence-electron chi connectivity index (χ1n) is 7.86. The first-order chi connectivity index (χ1) is 9.10. The molecular formula is C16H31NaO3. The van der Waals surface area contributed by atoms with Gasteiger partial charge in [-0.2, -0.15) is 0 Å². The minimum atomic E-state index is -0.314. The molecule has 0 spiro atoms. The fraction of sp³-hybridized carbons (Fsp3) is 0.875. The molecule has 0 heterocycles. The van der Waals surface area contributed by atoms with Gasteiger partial charge >= 0.3 is 41.5 Å². The van der Waals surface area contributed by atoms with E-state index in [9.17, 15) is 9.59 Å². The van der Waals surface area contributed by atoms with Crippen LogP contribution in [0, 0.1) is 11.8 Å². The van der Waals surface area contributed by atoms with E-state index in [0.29, 0.717) is 0 Å². The summed E-state index contributed by atoms with van der Waals surface area (Å²) in [7, 11) is 0. The van der Waals surface area contributed by atoms with Crippen LogP contribution in [0.25, 0.3) is 0 Å². The van der Waals surface area contributed by atoms with Gasteiger partial charge in [-0.05, 0) is 25.7 Å². The van der Waals surface area contributed by atoms with Gasteiger partial charge in [0.25, 0.3) is 0 Å². The van der Waals surface area contributed by atoms with Crippen molar-refractivity contribution in [1.29, 1.82) is 0 Å². The average molecular weight is 294 g/mol. The molecule has 0 rings (SSSR count). The molecular weight excluding hydrogens is 263 g/mol. The molecule has 0 aromatic rings. The number of carbonyl (C=O) groups excluding carboxylic acids is 2. The van der Waals surface area contributed by atoms with Crippen LogP contribution in [-0.4, -0.2) is 41.5 Å². The summed E-state index contributed by atoms with van der Waals surface area (Å²) < 4.78 is 5.11. The molecule has 0 amide bonds. The Morgan fingerprint density at radius 2 is 0.950 bits per heavy atom. The van der Waals surface area contributed by atoms with Crippen molar-refractivity contribution >= 4 is 41.5 Å². The number of hydrogen-bond donors (Lipinski definition) is 0. The summed E-state index contributed by atoms with van der Waals surface area (Å²) >= 11 is 0. The number of ether oxygens (including phenoxy) is 1. The Balaban J connectivity index is 0. The number of esters is 2. The molecule has 0 N–H and O–H groups in total. The van der Waals surface area contributed by atoms with E-state index in [2.05, 4.69) is 27.7 Å². The second-order valence-electron chi connectivity index (χ2n) is 5.29. The van der Waals surface area contributed by atoms with Crippen molar-refractivity contribution in [3.63, 3.8) is 0 Å². The average Bonchev–Trinajstić information content (AvgIpc) is 2.38. The summed E-state index contributed by atoms with van der Waals surface area (Å²) in [6.45, 7) is 8.20. The van der Waals surface area contributed by atoms with Crippen LogP contribution >= 0.6 is 0 Å². The van der Waals surface area contributed by atoms with Crippen LogP contribution < -0.4 is 0 Å². The Morgan fingerprint density at radius 3 is 1.15 bits per heavy atom. The Hall–Kier alpha value is 0.140. The molecule has 0 aromatic heterocycles. The van der Waals surface area contributed by atoms with E-state index >= 15 is 0 Å². The first-order valence-corrected chi connectivity index (χ1v) is 7.86. The molecule has 0 aromatic carbocycles. The monoisotopic (exact) mass is 294 g/mol. The van der Waals surface area contributed by atoms with Gasteiger partial charge in [0.1, 0.15) is 0 Å². The van der Waals surface area contributed by atoms with Crippen LogP contribution in [0.2, 0.25) is 0 Å². The zero-order chi connectivity index (χ0) is 14.7. The molecule has 20 heavy (non-hydrogen) atoms. The summed E-state index contributed by atoms with van der Waals surface area (Å²) in [6.07, 6.45) is 7.03. The second-order valence-corrected chi connectivity index (χ2v) is 5.29. The second kappa shape index (κ2) is 14.1. The minimum absolute atomic E-state index is 0. The Morgan fingerprint density at radius 1 is 0.700 bits per heavy atom. The zero-order valence-corrected chi connectivity index (χ0v) is 13.0. The van der Waals surface area contributed by atoms with Crippen LogP contribution in [0.4, 0.5) is 0 Å². The van der Waals surface area contributed by atoms with E-state index in [1.807, 2.05) is 0 Å². The van der Waals surface area contributed by atoms with E-state index < -0.39 is 0 Å². The molecule has 0 saturated carbocycles. The molecule has 0 saturated heterocycles. The summed E-state index contributed by atoms with van der Waals surface area (Å²) in [5, 5.41) is 0. The molecule has 3 nitrogen and oxygen atoms in total. The zero-order valence-electron chi connectivity index (χ0n) is 13.0. The van der Waals surface area contributed by atoms with Crippen molar-refractivity contribution in [2.24, 2.45) is 11.8 Å². The van der Waals surface area contributed by atoms with Gasteiger partial charge in [-0.3, -0.25) is 9.59 Å². The van der Waals surface area contributed by atoms with Gasteiger partial charge in [0.15, 0.2) is 0 Å². The maximum absolute atomic E-state index is 12.0. The maximum atomic E-state index is 12.0. The molecule has 0 atom stereocenters. The molecule has 0 aliphatic carbocycles. The summed E-state index contributed by atoms with van der Waals surface area (Å²) in [5.74, 6) is -0.845. The normalized spacial score (nSPS) is 10.5. The predicted molar refractivity (Wildman–Crippen MR) is 84.9 cm³/mol. The fourth-order valence-corrected chi connectivity index (χ4v) is 2.42. The third-order valence-electron chi connectivity index (χ3n) is 3.42.